The van der Waals surface area contributed by atoms with Crippen molar-refractivity contribution < 1.29 is 14.7 Å². The van der Waals surface area contributed by atoms with Gasteiger partial charge in [-0.3, -0.25) is 9.59 Å². The predicted octanol–water partition coefficient (Wildman–Crippen LogP) is 0.0596. The number of hydrogen-bond donors (Lipinski definition) is 2. The van der Waals surface area contributed by atoms with Crippen LogP contribution in [0.4, 0.5) is 5.69 Å². The Morgan fingerprint density at radius 1 is 1.29 bits per heavy atom. The number of anilines is 1. The maximum atomic E-state index is 11.5. The van der Waals surface area contributed by atoms with Gasteiger partial charge >= 0.3 is 0 Å². The maximum absolute atomic E-state index is 11.5. The van der Waals surface area contributed by atoms with E-state index in [9.17, 15) is 9.59 Å². The number of imide groups is 1. The summed E-state index contributed by atoms with van der Waals surface area (Å²) in [6.07, 6.45) is 0.547. The molecule has 0 unspecified atom stereocenters. The Morgan fingerprint density at radius 3 is 2.29 bits per heavy atom. The first-order valence-electron chi connectivity index (χ1n) is 5.33. The van der Waals surface area contributed by atoms with Crippen LogP contribution in [0.25, 0.3) is 0 Å². The number of nitrogens with two attached hydrogens (primary N) is 1. The van der Waals surface area contributed by atoms with Gasteiger partial charge in [0, 0.05) is 13.5 Å². The topological polar surface area (TPSA) is 83.6 Å². The fourth-order valence-electron chi connectivity index (χ4n) is 1.53. The molecule has 92 valence electrons. The van der Waals surface area contributed by atoms with E-state index in [-0.39, 0.29) is 19.1 Å². The Bertz CT molecular complexity index is 401. The van der Waals surface area contributed by atoms with Gasteiger partial charge in [-0.2, -0.15) is 0 Å². The number of hydrogen-bond acceptors (Lipinski definition) is 4. The van der Waals surface area contributed by atoms with E-state index in [1.807, 2.05) is 0 Å². The van der Waals surface area contributed by atoms with Crippen LogP contribution in [0.2, 0.25) is 0 Å². The van der Waals surface area contributed by atoms with Gasteiger partial charge in [-0.05, 0) is 24.1 Å². The Kier molecular flexibility index (Phi) is 4.81. The first-order chi connectivity index (χ1) is 8.10. The molecule has 0 spiro atoms. The average molecular weight is 236 g/mol. The van der Waals surface area contributed by atoms with E-state index in [4.69, 9.17) is 10.8 Å². The third-order valence-electron chi connectivity index (χ3n) is 2.33. The highest BCUT2D eigenvalue weighted by molar-refractivity contribution is 6.14. The molecule has 1 aromatic carbocycles. The molecule has 17 heavy (non-hydrogen) atoms. The number of aliphatic hydroxyl groups is 1. The van der Waals surface area contributed by atoms with Crippen LogP contribution in [-0.4, -0.2) is 30.1 Å². The number of carbonyl (C=O) groups is 2. The van der Waals surface area contributed by atoms with E-state index >= 15 is 0 Å². The molecule has 0 aliphatic carbocycles. The zero-order valence-electron chi connectivity index (χ0n) is 9.72. The number of nitrogens with zero attached hydrogens (tertiary/aromatic N) is 1. The van der Waals surface area contributed by atoms with Crippen LogP contribution in [0, 0.1) is 0 Å². The van der Waals surface area contributed by atoms with Gasteiger partial charge in [-0.15, -0.1) is 0 Å². The van der Waals surface area contributed by atoms with Crippen LogP contribution in [0.5, 0.6) is 0 Å². The van der Waals surface area contributed by atoms with E-state index in [1.54, 1.807) is 24.3 Å². The van der Waals surface area contributed by atoms with Crippen molar-refractivity contribution in [1.29, 1.82) is 0 Å². The van der Waals surface area contributed by atoms with Crippen LogP contribution in [-0.2, 0) is 16.0 Å². The fraction of sp³-hybridized carbons (Fsp3) is 0.333. The second kappa shape index (κ2) is 6.12. The van der Waals surface area contributed by atoms with Crippen LogP contribution in [0.3, 0.4) is 0 Å². The summed E-state index contributed by atoms with van der Waals surface area (Å²) in [5.41, 5.74) is 6.69. The highest BCUT2D eigenvalue weighted by atomic mass is 16.3. The van der Waals surface area contributed by atoms with Crippen LogP contribution >= 0.6 is 0 Å². The maximum Gasteiger partial charge on any atom is 0.247 e. The van der Waals surface area contributed by atoms with Gasteiger partial charge in [0.05, 0.1) is 12.2 Å². The summed E-state index contributed by atoms with van der Waals surface area (Å²) >= 11 is 0. The number of amides is 2. The molecule has 0 aliphatic heterocycles. The van der Waals surface area contributed by atoms with Gasteiger partial charge in [0.2, 0.25) is 11.8 Å². The molecule has 2 amide bonds. The monoisotopic (exact) mass is 236 g/mol. The summed E-state index contributed by atoms with van der Waals surface area (Å²) in [5, 5.41) is 8.78. The first kappa shape index (κ1) is 13.3. The third-order valence-corrected chi connectivity index (χ3v) is 2.33. The largest absolute Gasteiger partial charge is 0.396 e. The van der Waals surface area contributed by atoms with E-state index < -0.39 is 5.91 Å². The van der Waals surface area contributed by atoms with Crippen LogP contribution in [0.15, 0.2) is 24.3 Å². The van der Waals surface area contributed by atoms with Gasteiger partial charge in [-0.25, -0.2) is 4.90 Å². The standard InChI is InChI=1S/C12H16N2O3/c1-9(16)14(12(17)8-13)11-4-2-10(3-5-11)6-7-15/h2-5,15H,6-8,13H2,1H3. The van der Waals surface area contributed by atoms with Gasteiger partial charge in [0.25, 0.3) is 0 Å². The first-order valence-corrected chi connectivity index (χ1v) is 5.33. The van der Waals surface area contributed by atoms with Gasteiger partial charge in [0.1, 0.15) is 0 Å². The summed E-state index contributed by atoms with van der Waals surface area (Å²) in [5.74, 6) is -0.803. The molecule has 0 fully saturated rings. The summed E-state index contributed by atoms with van der Waals surface area (Å²) in [4.78, 5) is 23.9. The summed E-state index contributed by atoms with van der Waals surface area (Å²) in [6, 6.07) is 6.87. The van der Waals surface area contributed by atoms with E-state index in [1.165, 1.54) is 6.92 Å². The van der Waals surface area contributed by atoms with Gasteiger partial charge in [-0.1, -0.05) is 12.1 Å². The number of benzene rings is 1. The second-order valence-electron chi connectivity index (χ2n) is 3.59. The average Bonchev–Trinajstić information content (AvgIpc) is 2.31. The van der Waals surface area contributed by atoms with Crippen molar-refractivity contribution in [3.8, 4) is 0 Å². The summed E-state index contributed by atoms with van der Waals surface area (Å²) in [7, 11) is 0. The minimum atomic E-state index is -0.438. The van der Waals surface area contributed by atoms with Crippen molar-refractivity contribution >= 4 is 17.5 Å². The lowest BCUT2D eigenvalue weighted by atomic mass is 10.1. The normalized spacial score (nSPS) is 10.1. The van der Waals surface area contributed by atoms with E-state index in [0.717, 1.165) is 10.5 Å². The second-order valence-corrected chi connectivity index (χ2v) is 3.59. The number of rotatable bonds is 4. The van der Waals surface area contributed by atoms with Crippen molar-refractivity contribution in [3.63, 3.8) is 0 Å². The fourth-order valence-corrected chi connectivity index (χ4v) is 1.53. The molecular formula is C12H16N2O3. The number of carbonyl (C=O) groups excluding carboxylic acids is 2. The van der Waals surface area contributed by atoms with Crippen molar-refractivity contribution in [1.82, 2.24) is 0 Å². The molecule has 0 saturated heterocycles. The Hall–Kier alpha value is -1.72. The van der Waals surface area contributed by atoms with Gasteiger partial charge in [0.15, 0.2) is 0 Å². The molecule has 0 heterocycles. The molecule has 0 atom stereocenters. The van der Waals surface area contributed by atoms with E-state index in [0.29, 0.717) is 12.1 Å². The molecule has 3 N–H and O–H groups in total. The molecule has 5 nitrogen and oxygen atoms in total. The zero-order chi connectivity index (χ0) is 12.8. The summed E-state index contributed by atoms with van der Waals surface area (Å²) in [6.45, 7) is 1.17. The van der Waals surface area contributed by atoms with Crippen LogP contribution < -0.4 is 10.6 Å². The highest BCUT2D eigenvalue weighted by Gasteiger charge is 2.18. The minimum Gasteiger partial charge on any atom is -0.396 e. The lowest BCUT2D eigenvalue weighted by Gasteiger charge is -2.18. The molecule has 0 bridgehead atoms. The lowest BCUT2D eigenvalue weighted by Crippen LogP contribution is -2.39. The third kappa shape index (κ3) is 3.37. The molecule has 1 aromatic rings. The smallest absolute Gasteiger partial charge is 0.247 e. The van der Waals surface area contributed by atoms with E-state index in [2.05, 4.69) is 0 Å². The SMILES string of the molecule is CC(=O)N(C(=O)CN)c1ccc(CCO)cc1. The quantitative estimate of drug-likeness (QED) is 0.774. The molecule has 5 heteroatoms. The zero-order valence-corrected chi connectivity index (χ0v) is 9.72. The van der Waals surface area contributed by atoms with Crippen molar-refractivity contribution in [3.05, 3.63) is 29.8 Å². The van der Waals surface area contributed by atoms with Crippen molar-refractivity contribution in [2.45, 2.75) is 13.3 Å². The Balaban J connectivity index is 2.95. The molecule has 0 aliphatic rings. The van der Waals surface area contributed by atoms with Crippen LogP contribution in [0.1, 0.15) is 12.5 Å². The highest BCUT2D eigenvalue weighted by Crippen LogP contribution is 2.16. The molecule has 1 rings (SSSR count). The van der Waals surface area contributed by atoms with Gasteiger partial charge < -0.3 is 10.8 Å². The molecule has 0 aromatic heterocycles. The Labute approximate surface area is 99.8 Å². The van der Waals surface area contributed by atoms with Crippen molar-refractivity contribution in [2.24, 2.45) is 5.73 Å². The predicted molar refractivity (Wildman–Crippen MR) is 64.5 cm³/mol. The minimum absolute atomic E-state index is 0.0670. The molecule has 0 saturated carbocycles. The Morgan fingerprint density at radius 2 is 1.88 bits per heavy atom. The molecule has 0 radical (unpaired) electrons. The molecular weight excluding hydrogens is 220 g/mol. The summed E-state index contributed by atoms with van der Waals surface area (Å²) < 4.78 is 0. The lowest BCUT2D eigenvalue weighted by molar-refractivity contribution is -0.124. The van der Waals surface area contributed by atoms with Crippen molar-refractivity contribution in [2.75, 3.05) is 18.1 Å². The number of aliphatic hydroxyl groups excluding tert-OH is 1.